The van der Waals surface area contributed by atoms with Crippen molar-refractivity contribution in [1.82, 2.24) is 9.62 Å². The molecule has 0 heterocycles. The van der Waals surface area contributed by atoms with Crippen molar-refractivity contribution in [1.29, 1.82) is 0 Å². The Morgan fingerprint density at radius 1 is 1.41 bits per heavy atom. The zero-order valence-electron chi connectivity index (χ0n) is 10.9. The Bertz CT molecular complexity index is 327. The van der Waals surface area contributed by atoms with Gasteiger partial charge in [-0.15, -0.1) is 0 Å². The topological polar surface area (TPSA) is 75.7 Å². The SMILES string of the molecule is COCCNC(=O)CCN(C(C)C)S(C)(=O)=O. The fourth-order valence-corrected chi connectivity index (χ4v) is 2.59. The Morgan fingerprint density at radius 3 is 2.41 bits per heavy atom. The molecule has 0 unspecified atom stereocenters. The first-order valence-corrected chi connectivity index (χ1v) is 7.36. The molecule has 1 amide bonds. The summed E-state index contributed by atoms with van der Waals surface area (Å²) in [5, 5.41) is 2.64. The van der Waals surface area contributed by atoms with Gasteiger partial charge >= 0.3 is 0 Å². The van der Waals surface area contributed by atoms with Crippen molar-refractivity contribution in [2.24, 2.45) is 0 Å². The Labute approximate surface area is 103 Å². The van der Waals surface area contributed by atoms with Crippen LogP contribution in [0.4, 0.5) is 0 Å². The minimum absolute atomic E-state index is 0.142. The molecule has 0 spiro atoms. The van der Waals surface area contributed by atoms with Crippen molar-refractivity contribution in [2.75, 3.05) is 33.1 Å². The number of nitrogens with one attached hydrogen (secondary N) is 1. The molecule has 0 aromatic carbocycles. The van der Waals surface area contributed by atoms with Gasteiger partial charge < -0.3 is 10.1 Å². The smallest absolute Gasteiger partial charge is 0.221 e. The zero-order valence-corrected chi connectivity index (χ0v) is 11.7. The van der Waals surface area contributed by atoms with E-state index in [1.54, 1.807) is 21.0 Å². The fraction of sp³-hybridized carbons (Fsp3) is 0.900. The highest BCUT2D eigenvalue weighted by Crippen LogP contribution is 2.05. The maximum atomic E-state index is 11.4. The van der Waals surface area contributed by atoms with Crippen molar-refractivity contribution in [3.63, 3.8) is 0 Å². The molecule has 0 radical (unpaired) electrons. The summed E-state index contributed by atoms with van der Waals surface area (Å²) < 4.78 is 28.9. The third-order valence-electron chi connectivity index (χ3n) is 2.19. The fourth-order valence-electron chi connectivity index (χ4n) is 1.40. The molecular formula is C10H22N2O4S. The van der Waals surface area contributed by atoms with Crippen molar-refractivity contribution < 1.29 is 17.9 Å². The first-order valence-electron chi connectivity index (χ1n) is 5.51. The van der Waals surface area contributed by atoms with Gasteiger partial charge in [0, 0.05) is 32.7 Å². The molecule has 0 atom stereocenters. The largest absolute Gasteiger partial charge is 0.383 e. The van der Waals surface area contributed by atoms with Gasteiger partial charge in [-0.25, -0.2) is 8.42 Å². The van der Waals surface area contributed by atoms with Crippen LogP contribution in [0.3, 0.4) is 0 Å². The number of ether oxygens (including phenoxy) is 1. The standard InChI is InChI=1S/C10H22N2O4S/c1-9(2)12(17(4,14)15)7-5-10(13)11-6-8-16-3/h9H,5-8H2,1-4H3,(H,11,13). The molecule has 17 heavy (non-hydrogen) atoms. The third-order valence-corrected chi connectivity index (χ3v) is 3.65. The average Bonchev–Trinajstić information content (AvgIpc) is 2.15. The quantitative estimate of drug-likeness (QED) is 0.618. The third kappa shape index (κ3) is 7.30. The molecule has 7 heteroatoms. The molecule has 0 fully saturated rings. The summed E-state index contributed by atoms with van der Waals surface area (Å²) in [4.78, 5) is 11.4. The Hall–Kier alpha value is -0.660. The van der Waals surface area contributed by atoms with Gasteiger partial charge in [0.25, 0.3) is 0 Å². The molecule has 0 bridgehead atoms. The molecule has 0 aromatic heterocycles. The lowest BCUT2D eigenvalue weighted by atomic mass is 10.3. The molecule has 0 saturated carbocycles. The van der Waals surface area contributed by atoms with E-state index < -0.39 is 10.0 Å². The van der Waals surface area contributed by atoms with E-state index in [-0.39, 0.29) is 24.9 Å². The summed E-state index contributed by atoms with van der Waals surface area (Å²) in [7, 11) is -1.70. The van der Waals surface area contributed by atoms with Gasteiger partial charge in [0.15, 0.2) is 0 Å². The normalized spacial score (nSPS) is 12.1. The van der Waals surface area contributed by atoms with Crippen LogP contribution >= 0.6 is 0 Å². The molecule has 0 saturated heterocycles. The molecule has 0 aliphatic rings. The number of hydrogen-bond acceptors (Lipinski definition) is 4. The van der Waals surface area contributed by atoms with Crippen LogP contribution in [0.25, 0.3) is 0 Å². The molecule has 1 N–H and O–H groups in total. The van der Waals surface area contributed by atoms with Crippen LogP contribution < -0.4 is 5.32 Å². The zero-order chi connectivity index (χ0) is 13.5. The van der Waals surface area contributed by atoms with E-state index in [1.165, 1.54) is 4.31 Å². The van der Waals surface area contributed by atoms with Crippen molar-refractivity contribution in [3.05, 3.63) is 0 Å². The first-order chi connectivity index (χ1) is 7.79. The van der Waals surface area contributed by atoms with Crippen LogP contribution in [-0.4, -0.2) is 57.7 Å². The summed E-state index contributed by atoms with van der Waals surface area (Å²) in [6.07, 6.45) is 1.31. The highest BCUT2D eigenvalue weighted by atomic mass is 32.2. The molecule has 6 nitrogen and oxygen atoms in total. The highest BCUT2D eigenvalue weighted by molar-refractivity contribution is 7.88. The molecule has 0 aliphatic carbocycles. The van der Waals surface area contributed by atoms with Crippen LogP contribution in [0, 0.1) is 0 Å². The van der Waals surface area contributed by atoms with Crippen LogP contribution in [0.15, 0.2) is 0 Å². The number of hydrogen-bond donors (Lipinski definition) is 1. The predicted octanol–water partition coefficient (Wildman–Crippen LogP) is -0.191. The van der Waals surface area contributed by atoms with Crippen LogP contribution in [0.1, 0.15) is 20.3 Å². The Balaban J connectivity index is 4.11. The highest BCUT2D eigenvalue weighted by Gasteiger charge is 2.20. The van der Waals surface area contributed by atoms with E-state index in [2.05, 4.69) is 5.32 Å². The van der Waals surface area contributed by atoms with E-state index in [0.717, 1.165) is 6.26 Å². The number of amides is 1. The van der Waals surface area contributed by atoms with Gasteiger partial charge in [-0.2, -0.15) is 4.31 Å². The lowest BCUT2D eigenvalue weighted by molar-refractivity contribution is -0.121. The van der Waals surface area contributed by atoms with Crippen LogP contribution in [0.2, 0.25) is 0 Å². The number of rotatable bonds is 8. The van der Waals surface area contributed by atoms with Gasteiger partial charge in [0.1, 0.15) is 0 Å². The van der Waals surface area contributed by atoms with Gasteiger partial charge in [0.2, 0.25) is 15.9 Å². The lowest BCUT2D eigenvalue weighted by Crippen LogP contribution is -2.39. The van der Waals surface area contributed by atoms with Crippen molar-refractivity contribution >= 4 is 15.9 Å². The second-order valence-electron chi connectivity index (χ2n) is 4.06. The molecule has 0 aromatic rings. The molecular weight excluding hydrogens is 244 g/mol. The second kappa shape index (κ2) is 7.62. The molecule has 102 valence electrons. The number of carbonyl (C=O) groups is 1. The number of carbonyl (C=O) groups excluding carboxylic acids is 1. The van der Waals surface area contributed by atoms with E-state index >= 15 is 0 Å². The lowest BCUT2D eigenvalue weighted by Gasteiger charge is -2.23. The van der Waals surface area contributed by atoms with Crippen molar-refractivity contribution in [3.8, 4) is 0 Å². The van der Waals surface area contributed by atoms with E-state index in [1.807, 2.05) is 0 Å². The number of methoxy groups -OCH3 is 1. The summed E-state index contributed by atoms with van der Waals surface area (Å²) in [5.41, 5.74) is 0. The monoisotopic (exact) mass is 266 g/mol. The van der Waals surface area contributed by atoms with Gasteiger partial charge in [-0.05, 0) is 13.8 Å². The molecule has 0 rings (SSSR count). The second-order valence-corrected chi connectivity index (χ2v) is 6.00. The van der Waals surface area contributed by atoms with E-state index in [9.17, 15) is 13.2 Å². The average molecular weight is 266 g/mol. The Morgan fingerprint density at radius 2 is 2.00 bits per heavy atom. The van der Waals surface area contributed by atoms with Crippen LogP contribution in [0.5, 0.6) is 0 Å². The van der Waals surface area contributed by atoms with E-state index in [4.69, 9.17) is 4.74 Å². The van der Waals surface area contributed by atoms with Gasteiger partial charge in [-0.3, -0.25) is 4.79 Å². The molecule has 0 aliphatic heterocycles. The minimum Gasteiger partial charge on any atom is -0.383 e. The maximum absolute atomic E-state index is 11.4. The van der Waals surface area contributed by atoms with E-state index in [0.29, 0.717) is 13.2 Å². The van der Waals surface area contributed by atoms with Crippen LogP contribution in [-0.2, 0) is 19.6 Å². The summed E-state index contributed by atoms with van der Waals surface area (Å²) in [5.74, 6) is -0.170. The number of nitrogens with zero attached hydrogens (tertiary/aromatic N) is 1. The predicted molar refractivity (Wildman–Crippen MR) is 66.2 cm³/mol. The minimum atomic E-state index is -3.26. The van der Waals surface area contributed by atoms with Gasteiger partial charge in [-0.1, -0.05) is 0 Å². The first kappa shape index (κ1) is 16.3. The number of sulfonamides is 1. The summed E-state index contributed by atoms with van der Waals surface area (Å²) >= 11 is 0. The maximum Gasteiger partial charge on any atom is 0.221 e. The summed E-state index contributed by atoms with van der Waals surface area (Å²) in [6, 6.07) is -0.142. The van der Waals surface area contributed by atoms with Crippen molar-refractivity contribution in [2.45, 2.75) is 26.3 Å². The van der Waals surface area contributed by atoms with Gasteiger partial charge in [0.05, 0.1) is 12.9 Å². The summed E-state index contributed by atoms with van der Waals surface area (Å²) in [6.45, 7) is 4.66. The Kier molecular flexibility index (Phi) is 7.33.